The summed E-state index contributed by atoms with van der Waals surface area (Å²) in [5.41, 5.74) is 4.00. The summed E-state index contributed by atoms with van der Waals surface area (Å²) in [6.07, 6.45) is 0.828. The lowest BCUT2D eigenvalue weighted by molar-refractivity contribution is -0.156. The number of benzene rings is 1. The number of hydrogen-bond donors (Lipinski definition) is 3. The van der Waals surface area contributed by atoms with Crippen LogP contribution >= 0.6 is 0 Å². The minimum absolute atomic E-state index is 0.00506. The minimum atomic E-state index is -2.37. The van der Waals surface area contributed by atoms with E-state index in [0.29, 0.717) is 17.5 Å². The van der Waals surface area contributed by atoms with Crippen molar-refractivity contribution in [3.05, 3.63) is 35.4 Å². The second kappa shape index (κ2) is 6.29. The third-order valence-corrected chi connectivity index (χ3v) is 3.00. The molecule has 0 saturated heterocycles. The molecule has 0 fully saturated rings. The van der Waals surface area contributed by atoms with E-state index in [1.165, 1.54) is 12.1 Å². The molecule has 6 heteroatoms. The van der Waals surface area contributed by atoms with Crippen LogP contribution in [-0.4, -0.2) is 33.5 Å². The van der Waals surface area contributed by atoms with Crippen LogP contribution in [0.2, 0.25) is 0 Å². The first-order valence-electron chi connectivity index (χ1n) is 6.19. The number of nitrogens with two attached hydrogens (primary N) is 1. The molecule has 6 nitrogen and oxygen atoms in total. The van der Waals surface area contributed by atoms with Gasteiger partial charge in [-0.05, 0) is 12.0 Å². The van der Waals surface area contributed by atoms with Crippen molar-refractivity contribution in [2.45, 2.75) is 31.7 Å². The number of aliphatic carboxylic acids is 2. The number of ketones is 1. The van der Waals surface area contributed by atoms with Gasteiger partial charge in [-0.3, -0.25) is 4.79 Å². The number of carbonyl (C=O) groups is 3. The first-order valence-corrected chi connectivity index (χ1v) is 6.19. The van der Waals surface area contributed by atoms with Crippen LogP contribution in [0.25, 0.3) is 0 Å². The molecule has 1 aromatic carbocycles. The van der Waals surface area contributed by atoms with Crippen LogP contribution in [0.15, 0.2) is 24.3 Å². The molecule has 0 aliphatic heterocycles. The number of rotatable bonds is 7. The predicted octanol–water partition coefficient (Wildman–Crippen LogP) is 1.08. The largest absolute Gasteiger partial charge is 0.479 e. The van der Waals surface area contributed by atoms with Gasteiger partial charge in [0.2, 0.25) is 5.54 Å². The topological polar surface area (TPSA) is 118 Å². The number of carboxylic acids is 2. The number of hydrogen-bond acceptors (Lipinski definition) is 4. The quantitative estimate of drug-likeness (QED) is 0.507. The Labute approximate surface area is 116 Å². The zero-order valence-corrected chi connectivity index (χ0v) is 11.1. The highest BCUT2D eigenvalue weighted by Crippen LogP contribution is 2.14. The van der Waals surface area contributed by atoms with E-state index in [4.69, 9.17) is 15.9 Å². The Hall–Kier alpha value is -2.21. The summed E-state index contributed by atoms with van der Waals surface area (Å²) in [6, 6.07) is 6.15. The summed E-state index contributed by atoms with van der Waals surface area (Å²) >= 11 is 0. The standard InChI is InChI=1S/C14H17NO5/c1-2-3-11(16)10-6-4-9(5-7-10)8-14(15,12(17)18)13(19)20/h4-7H,2-3,8,15H2,1H3,(H,17,18)(H,19,20). The summed E-state index contributed by atoms with van der Waals surface area (Å²) in [6.45, 7) is 1.90. The summed E-state index contributed by atoms with van der Waals surface area (Å²) in [4.78, 5) is 33.6. The Morgan fingerprint density at radius 1 is 1.10 bits per heavy atom. The fourth-order valence-electron chi connectivity index (χ4n) is 1.74. The molecule has 0 bridgehead atoms. The van der Waals surface area contributed by atoms with E-state index in [0.717, 1.165) is 6.42 Å². The van der Waals surface area contributed by atoms with Crippen molar-refractivity contribution in [2.75, 3.05) is 0 Å². The van der Waals surface area contributed by atoms with Crippen molar-refractivity contribution in [3.63, 3.8) is 0 Å². The Kier molecular flexibility index (Phi) is 4.99. The summed E-state index contributed by atoms with van der Waals surface area (Å²) in [5.74, 6) is -3.21. The van der Waals surface area contributed by atoms with Crippen LogP contribution in [0.5, 0.6) is 0 Å². The van der Waals surface area contributed by atoms with E-state index in [-0.39, 0.29) is 12.2 Å². The van der Waals surface area contributed by atoms with E-state index in [1.54, 1.807) is 12.1 Å². The van der Waals surface area contributed by atoms with Gasteiger partial charge in [-0.15, -0.1) is 0 Å². The molecule has 0 aliphatic rings. The summed E-state index contributed by atoms with van der Waals surface area (Å²) < 4.78 is 0. The van der Waals surface area contributed by atoms with Gasteiger partial charge in [-0.1, -0.05) is 31.2 Å². The molecule has 0 unspecified atom stereocenters. The first-order chi connectivity index (χ1) is 9.31. The van der Waals surface area contributed by atoms with Crippen LogP contribution in [-0.2, 0) is 16.0 Å². The molecule has 0 spiro atoms. The van der Waals surface area contributed by atoms with Crippen molar-refractivity contribution >= 4 is 17.7 Å². The van der Waals surface area contributed by atoms with Crippen LogP contribution < -0.4 is 5.73 Å². The van der Waals surface area contributed by atoms with Crippen LogP contribution in [0, 0.1) is 0 Å². The van der Waals surface area contributed by atoms with Crippen molar-refractivity contribution < 1.29 is 24.6 Å². The van der Waals surface area contributed by atoms with E-state index < -0.39 is 17.5 Å². The molecule has 1 aromatic rings. The molecule has 1 rings (SSSR count). The van der Waals surface area contributed by atoms with Gasteiger partial charge in [-0.25, -0.2) is 9.59 Å². The van der Waals surface area contributed by atoms with Gasteiger partial charge in [0.05, 0.1) is 0 Å². The number of Topliss-reactive ketones (excluding diaryl/α,β-unsaturated/α-hetero) is 1. The fourth-order valence-corrected chi connectivity index (χ4v) is 1.74. The van der Waals surface area contributed by atoms with E-state index in [1.807, 2.05) is 6.92 Å². The molecule has 4 N–H and O–H groups in total. The average molecular weight is 279 g/mol. The Balaban J connectivity index is 2.92. The van der Waals surface area contributed by atoms with Gasteiger partial charge in [0, 0.05) is 18.4 Å². The molecular weight excluding hydrogens is 262 g/mol. The van der Waals surface area contributed by atoms with E-state index in [2.05, 4.69) is 0 Å². The smallest absolute Gasteiger partial charge is 0.335 e. The van der Waals surface area contributed by atoms with Crippen LogP contribution in [0.1, 0.15) is 35.7 Å². The summed E-state index contributed by atoms with van der Waals surface area (Å²) in [7, 11) is 0. The lowest BCUT2D eigenvalue weighted by Crippen LogP contribution is -2.56. The molecule has 0 radical (unpaired) electrons. The third kappa shape index (κ3) is 3.42. The van der Waals surface area contributed by atoms with Crippen molar-refractivity contribution in [1.82, 2.24) is 0 Å². The SMILES string of the molecule is CCCC(=O)c1ccc(CC(N)(C(=O)O)C(=O)O)cc1. The average Bonchev–Trinajstić information content (AvgIpc) is 2.39. The zero-order chi connectivity index (χ0) is 15.3. The number of carbonyl (C=O) groups excluding carboxylic acids is 1. The molecular formula is C14H17NO5. The molecule has 20 heavy (non-hydrogen) atoms. The Morgan fingerprint density at radius 2 is 1.60 bits per heavy atom. The first kappa shape index (κ1) is 15.8. The van der Waals surface area contributed by atoms with Gasteiger partial charge in [0.25, 0.3) is 0 Å². The van der Waals surface area contributed by atoms with Gasteiger partial charge in [0.15, 0.2) is 5.78 Å². The Morgan fingerprint density at radius 3 is 2.00 bits per heavy atom. The molecule has 0 amide bonds. The second-order valence-corrected chi connectivity index (χ2v) is 4.63. The monoisotopic (exact) mass is 279 g/mol. The predicted molar refractivity (Wildman–Crippen MR) is 71.6 cm³/mol. The molecule has 0 atom stereocenters. The Bertz CT molecular complexity index is 507. The molecule has 0 aromatic heterocycles. The molecule has 108 valence electrons. The minimum Gasteiger partial charge on any atom is -0.479 e. The van der Waals surface area contributed by atoms with Crippen molar-refractivity contribution in [3.8, 4) is 0 Å². The van der Waals surface area contributed by atoms with Gasteiger partial charge >= 0.3 is 11.9 Å². The van der Waals surface area contributed by atoms with Gasteiger partial charge in [0.1, 0.15) is 0 Å². The summed E-state index contributed by atoms with van der Waals surface area (Å²) in [5, 5.41) is 17.8. The van der Waals surface area contributed by atoms with Crippen molar-refractivity contribution in [1.29, 1.82) is 0 Å². The zero-order valence-electron chi connectivity index (χ0n) is 11.1. The maximum atomic E-state index is 11.6. The van der Waals surface area contributed by atoms with E-state index >= 15 is 0 Å². The maximum absolute atomic E-state index is 11.6. The third-order valence-electron chi connectivity index (χ3n) is 3.00. The number of carboxylic acid groups (broad SMARTS) is 2. The van der Waals surface area contributed by atoms with Crippen molar-refractivity contribution in [2.24, 2.45) is 5.73 Å². The lowest BCUT2D eigenvalue weighted by Gasteiger charge is -2.19. The normalized spacial score (nSPS) is 11.1. The van der Waals surface area contributed by atoms with Gasteiger partial charge in [-0.2, -0.15) is 0 Å². The maximum Gasteiger partial charge on any atom is 0.335 e. The van der Waals surface area contributed by atoms with Gasteiger partial charge < -0.3 is 15.9 Å². The highest BCUT2D eigenvalue weighted by Gasteiger charge is 2.42. The van der Waals surface area contributed by atoms with Crippen LogP contribution in [0.4, 0.5) is 0 Å². The lowest BCUT2D eigenvalue weighted by atomic mass is 9.91. The molecule has 0 aliphatic carbocycles. The highest BCUT2D eigenvalue weighted by atomic mass is 16.4. The fraction of sp³-hybridized carbons (Fsp3) is 0.357. The van der Waals surface area contributed by atoms with E-state index in [9.17, 15) is 14.4 Å². The second-order valence-electron chi connectivity index (χ2n) is 4.63. The molecule has 0 heterocycles. The highest BCUT2D eigenvalue weighted by molar-refractivity contribution is 6.03. The molecule has 0 saturated carbocycles. The van der Waals surface area contributed by atoms with Crippen LogP contribution in [0.3, 0.4) is 0 Å².